The number of pyridine rings is 1. The molecule has 2 bridgehead atoms. The van der Waals surface area contributed by atoms with Crippen LogP contribution in [0.25, 0.3) is 0 Å². The average Bonchev–Trinajstić information content (AvgIpc) is 3.48. The number of carbonyl (C=O) groups is 2. The van der Waals surface area contributed by atoms with Gasteiger partial charge in [0.2, 0.25) is 5.91 Å². The number of likely N-dealkylation sites (tertiary alicyclic amines) is 1. The van der Waals surface area contributed by atoms with E-state index in [1.165, 1.54) is 12.3 Å². The molecule has 0 unspecified atom stereocenters. The van der Waals surface area contributed by atoms with E-state index >= 15 is 0 Å². The molecule has 9 nitrogen and oxygen atoms in total. The van der Waals surface area contributed by atoms with Gasteiger partial charge in [-0.3, -0.25) is 9.59 Å². The molecule has 0 aliphatic carbocycles. The lowest BCUT2D eigenvalue weighted by Gasteiger charge is -2.35. The Bertz CT molecular complexity index is 1280. The maximum absolute atomic E-state index is 12.9. The Kier molecular flexibility index (Phi) is 6.93. The van der Waals surface area contributed by atoms with Gasteiger partial charge in [0.05, 0.1) is 29.3 Å². The van der Waals surface area contributed by atoms with Gasteiger partial charge in [-0.05, 0) is 49.4 Å². The summed E-state index contributed by atoms with van der Waals surface area (Å²) in [5, 5.41) is 3.25. The van der Waals surface area contributed by atoms with E-state index in [2.05, 4.69) is 10.3 Å². The second kappa shape index (κ2) is 9.99. The number of aromatic nitrogens is 1. The lowest BCUT2D eigenvalue weighted by atomic mass is 9.92. The summed E-state index contributed by atoms with van der Waals surface area (Å²) in [7, 11) is -3.52. The molecule has 1 N–H and O–H groups in total. The Morgan fingerprint density at radius 1 is 1.22 bits per heavy atom. The molecule has 3 saturated heterocycles. The number of halogens is 1. The summed E-state index contributed by atoms with van der Waals surface area (Å²) >= 11 is 6.03. The quantitative estimate of drug-likeness (QED) is 0.609. The Balaban J connectivity index is 1.28. The molecule has 2 aromatic rings. The standard InChI is InChI=1S/C25H29ClN4O5S/c1-36(33,34)21-12-22(28-25(32)17-3-2-4-18(26)10-17)24(27-13-21)29-7-5-16(6-8-29)9-23(31)30-14-20-11-19(30)15-35-20/h2-4,10,12-13,16,19-20H,5-9,11,14-15H2,1H3,(H,28,32)/t19-,20-/m0/s1. The van der Waals surface area contributed by atoms with Gasteiger partial charge < -0.3 is 19.9 Å². The predicted molar refractivity (Wildman–Crippen MR) is 136 cm³/mol. The fourth-order valence-electron chi connectivity index (χ4n) is 5.23. The summed E-state index contributed by atoms with van der Waals surface area (Å²) in [6, 6.07) is 8.20. The van der Waals surface area contributed by atoms with Gasteiger partial charge in [-0.25, -0.2) is 13.4 Å². The first-order valence-corrected chi connectivity index (χ1v) is 14.4. The Labute approximate surface area is 215 Å². The van der Waals surface area contributed by atoms with Crippen molar-refractivity contribution < 1.29 is 22.7 Å². The molecule has 3 aliphatic heterocycles. The Hall–Kier alpha value is -2.69. The second-order valence-electron chi connectivity index (χ2n) is 9.80. The van der Waals surface area contributed by atoms with Crippen molar-refractivity contribution in [3.05, 3.63) is 47.1 Å². The minimum Gasteiger partial charge on any atom is -0.374 e. The van der Waals surface area contributed by atoms with Crippen LogP contribution >= 0.6 is 11.6 Å². The van der Waals surface area contributed by atoms with E-state index < -0.39 is 15.7 Å². The number of morpholine rings is 1. The number of hydrogen-bond donors (Lipinski definition) is 1. The van der Waals surface area contributed by atoms with Gasteiger partial charge in [-0.1, -0.05) is 17.7 Å². The van der Waals surface area contributed by atoms with E-state index in [0.717, 1.165) is 25.5 Å². The zero-order chi connectivity index (χ0) is 25.4. The number of fused-ring (bicyclic) bond motifs is 2. The summed E-state index contributed by atoms with van der Waals surface area (Å²) in [6.07, 6.45) is 5.71. The minimum atomic E-state index is -3.52. The summed E-state index contributed by atoms with van der Waals surface area (Å²) in [4.78, 5) is 34.2. The molecule has 2 amide bonds. The zero-order valence-corrected chi connectivity index (χ0v) is 21.6. The third-order valence-electron chi connectivity index (χ3n) is 7.20. The van der Waals surface area contributed by atoms with Crippen LogP contribution in [-0.4, -0.2) is 74.8 Å². The summed E-state index contributed by atoms with van der Waals surface area (Å²) < 4.78 is 29.9. The van der Waals surface area contributed by atoms with Gasteiger partial charge in [0.25, 0.3) is 5.91 Å². The minimum absolute atomic E-state index is 0.0250. The van der Waals surface area contributed by atoms with Crippen molar-refractivity contribution in [1.82, 2.24) is 9.88 Å². The number of sulfone groups is 1. The van der Waals surface area contributed by atoms with E-state index in [0.29, 0.717) is 54.8 Å². The van der Waals surface area contributed by atoms with E-state index in [-0.39, 0.29) is 28.9 Å². The molecule has 5 rings (SSSR count). The number of benzene rings is 1. The van der Waals surface area contributed by atoms with Crippen LogP contribution in [0.1, 0.15) is 36.0 Å². The fraction of sp³-hybridized carbons (Fsp3) is 0.480. The van der Waals surface area contributed by atoms with Gasteiger partial charge in [-0.2, -0.15) is 0 Å². The zero-order valence-electron chi connectivity index (χ0n) is 20.0. The molecule has 4 heterocycles. The van der Waals surface area contributed by atoms with E-state index in [1.807, 2.05) is 9.80 Å². The number of carbonyl (C=O) groups excluding carboxylic acids is 2. The number of nitrogens with zero attached hydrogens (tertiary/aromatic N) is 3. The van der Waals surface area contributed by atoms with Crippen molar-refractivity contribution in [1.29, 1.82) is 0 Å². The first kappa shape index (κ1) is 25.0. The van der Waals surface area contributed by atoms with Gasteiger partial charge in [-0.15, -0.1) is 0 Å². The number of anilines is 2. The van der Waals surface area contributed by atoms with Crippen LogP contribution in [0.15, 0.2) is 41.4 Å². The number of piperidine rings is 1. The van der Waals surface area contributed by atoms with E-state index in [4.69, 9.17) is 16.3 Å². The fourth-order valence-corrected chi connectivity index (χ4v) is 5.99. The first-order chi connectivity index (χ1) is 17.2. The van der Waals surface area contributed by atoms with Crippen LogP contribution in [0.5, 0.6) is 0 Å². The normalized spacial score (nSPS) is 22.2. The maximum Gasteiger partial charge on any atom is 0.255 e. The van der Waals surface area contributed by atoms with Crippen molar-refractivity contribution >= 4 is 44.8 Å². The highest BCUT2D eigenvalue weighted by Crippen LogP contribution is 2.33. The van der Waals surface area contributed by atoms with Crippen LogP contribution in [0.2, 0.25) is 5.02 Å². The molecular formula is C25H29ClN4O5S. The van der Waals surface area contributed by atoms with Crippen LogP contribution in [0.4, 0.5) is 11.5 Å². The van der Waals surface area contributed by atoms with Gasteiger partial charge in [0.15, 0.2) is 15.7 Å². The SMILES string of the molecule is CS(=O)(=O)c1cnc(N2CCC(CC(=O)N3C[C@@H]4C[C@H]3CO4)CC2)c(NC(=O)c2cccc(Cl)c2)c1. The molecule has 0 spiro atoms. The Morgan fingerprint density at radius 2 is 2.00 bits per heavy atom. The number of rotatable bonds is 6. The smallest absolute Gasteiger partial charge is 0.255 e. The average molecular weight is 533 g/mol. The molecule has 2 atom stereocenters. The van der Waals surface area contributed by atoms with Gasteiger partial charge >= 0.3 is 0 Å². The van der Waals surface area contributed by atoms with Crippen molar-refractivity contribution in [3.8, 4) is 0 Å². The third kappa shape index (κ3) is 5.35. The molecule has 0 radical (unpaired) electrons. The van der Waals surface area contributed by atoms with Gasteiger partial charge in [0.1, 0.15) is 0 Å². The topological polar surface area (TPSA) is 109 Å². The molecule has 0 saturated carbocycles. The molecule has 1 aromatic carbocycles. The van der Waals surface area contributed by atoms with Crippen LogP contribution < -0.4 is 10.2 Å². The number of nitrogens with one attached hydrogen (secondary N) is 1. The lowest BCUT2D eigenvalue weighted by molar-refractivity contribution is -0.136. The number of amides is 2. The predicted octanol–water partition coefficient (Wildman–Crippen LogP) is 3.00. The summed E-state index contributed by atoms with van der Waals surface area (Å²) in [5.74, 6) is 0.579. The molecule has 36 heavy (non-hydrogen) atoms. The van der Waals surface area contributed by atoms with E-state index in [1.54, 1.807) is 24.3 Å². The maximum atomic E-state index is 12.9. The number of ether oxygens (including phenoxy) is 1. The van der Waals surface area contributed by atoms with Crippen molar-refractivity contribution in [2.45, 2.75) is 42.7 Å². The Morgan fingerprint density at radius 3 is 2.64 bits per heavy atom. The lowest BCUT2D eigenvalue weighted by Crippen LogP contribution is -2.43. The number of hydrogen-bond acceptors (Lipinski definition) is 7. The van der Waals surface area contributed by atoms with Crippen LogP contribution in [0, 0.1) is 5.92 Å². The second-order valence-corrected chi connectivity index (χ2v) is 12.3. The summed E-state index contributed by atoms with van der Waals surface area (Å²) in [5.41, 5.74) is 0.682. The van der Waals surface area contributed by atoms with Crippen molar-refractivity contribution in [2.75, 3.05) is 42.7 Å². The van der Waals surface area contributed by atoms with Gasteiger partial charge in [0, 0.05) is 49.1 Å². The highest BCUT2D eigenvalue weighted by molar-refractivity contribution is 7.90. The first-order valence-electron chi connectivity index (χ1n) is 12.1. The van der Waals surface area contributed by atoms with Crippen LogP contribution in [0.3, 0.4) is 0 Å². The molecule has 1 aromatic heterocycles. The molecule has 192 valence electrons. The third-order valence-corrected chi connectivity index (χ3v) is 8.52. The molecule has 11 heteroatoms. The molecular weight excluding hydrogens is 504 g/mol. The largest absolute Gasteiger partial charge is 0.374 e. The van der Waals surface area contributed by atoms with Crippen molar-refractivity contribution in [2.24, 2.45) is 5.92 Å². The monoisotopic (exact) mass is 532 g/mol. The highest BCUT2D eigenvalue weighted by atomic mass is 35.5. The molecule has 3 aliphatic rings. The molecule has 3 fully saturated rings. The van der Waals surface area contributed by atoms with Crippen LogP contribution in [-0.2, 0) is 19.4 Å². The van der Waals surface area contributed by atoms with E-state index in [9.17, 15) is 18.0 Å². The van der Waals surface area contributed by atoms with Crippen molar-refractivity contribution in [3.63, 3.8) is 0 Å². The summed E-state index contributed by atoms with van der Waals surface area (Å²) in [6.45, 7) is 2.65. The highest BCUT2D eigenvalue weighted by Gasteiger charge is 2.41.